The van der Waals surface area contributed by atoms with Gasteiger partial charge in [0.2, 0.25) is 0 Å². The lowest BCUT2D eigenvalue weighted by Gasteiger charge is -2.51. The summed E-state index contributed by atoms with van der Waals surface area (Å²) in [5.41, 5.74) is 1.70. The minimum absolute atomic E-state index is 0.907. The summed E-state index contributed by atoms with van der Waals surface area (Å²) in [7, 11) is 0. The molecule has 0 amide bonds. The highest BCUT2D eigenvalue weighted by atomic mass is 15.2. The van der Waals surface area contributed by atoms with E-state index in [1.54, 1.807) is 5.70 Å². The predicted molar refractivity (Wildman–Crippen MR) is 59.0 cm³/mol. The molecule has 0 aromatic carbocycles. The van der Waals surface area contributed by atoms with Crippen molar-refractivity contribution in [1.29, 1.82) is 0 Å². The summed E-state index contributed by atoms with van der Waals surface area (Å²) < 4.78 is 0. The van der Waals surface area contributed by atoms with Gasteiger partial charge >= 0.3 is 0 Å². The third-order valence-corrected chi connectivity index (χ3v) is 4.31. The maximum absolute atomic E-state index is 2.80. The largest absolute Gasteiger partial charge is 0.369 e. The van der Waals surface area contributed by atoms with Crippen molar-refractivity contribution in [2.75, 3.05) is 0 Å². The third-order valence-electron chi connectivity index (χ3n) is 4.31. The number of hydrogen-bond donors (Lipinski definition) is 0. The molecule has 1 heteroatoms. The lowest BCUT2D eigenvalue weighted by atomic mass is 9.79. The highest BCUT2D eigenvalue weighted by Crippen LogP contribution is 2.41. The van der Waals surface area contributed by atoms with Gasteiger partial charge < -0.3 is 4.90 Å². The zero-order valence-electron chi connectivity index (χ0n) is 9.21. The Morgan fingerprint density at radius 1 is 1.21 bits per heavy atom. The van der Waals surface area contributed by atoms with Gasteiger partial charge in [-0.2, -0.15) is 0 Å². The molecule has 3 heterocycles. The van der Waals surface area contributed by atoms with E-state index >= 15 is 0 Å². The van der Waals surface area contributed by atoms with E-state index in [0.29, 0.717) is 0 Å². The van der Waals surface area contributed by atoms with Gasteiger partial charge in [0.25, 0.3) is 0 Å². The Morgan fingerprint density at radius 3 is 3.00 bits per heavy atom. The van der Waals surface area contributed by atoms with E-state index in [-0.39, 0.29) is 0 Å². The lowest BCUT2D eigenvalue weighted by Crippen LogP contribution is -2.50. The molecule has 0 unspecified atom stereocenters. The first kappa shape index (κ1) is 8.82. The molecule has 0 aromatic heterocycles. The van der Waals surface area contributed by atoms with Gasteiger partial charge in [-0.15, -0.1) is 0 Å². The van der Waals surface area contributed by atoms with Gasteiger partial charge in [0.05, 0.1) is 0 Å². The molecule has 3 atom stereocenters. The number of piperidine rings is 2. The lowest BCUT2D eigenvalue weighted by molar-refractivity contribution is 0.0608. The van der Waals surface area contributed by atoms with Gasteiger partial charge in [-0.1, -0.05) is 13.0 Å². The average Bonchev–Trinajstić information content (AvgIpc) is 2.18. The Labute approximate surface area is 87.2 Å². The van der Waals surface area contributed by atoms with Crippen molar-refractivity contribution in [3.8, 4) is 0 Å². The molecule has 2 fully saturated rings. The maximum Gasteiger partial charge on any atom is 0.0292 e. The Bertz CT molecular complexity index is 256. The molecule has 0 N–H and O–H groups in total. The van der Waals surface area contributed by atoms with Gasteiger partial charge in [0.15, 0.2) is 0 Å². The molecule has 0 radical (unpaired) electrons. The number of hydrogen-bond acceptors (Lipinski definition) is 1. The van der Waals surface area contributed by atoms with Crippen LogP contribution in [-0.4, -0.2) is 17.0 Å². The minimum atomic E-state index is 0.907. The van der Waals surface area contributed by atoms with Crippen molar-refractivity contribution < 1.29 is 0 Å². The summed E-state index contributed by atoms with van der Waals surface area (Å²) in [5.74, 6) is 0.930. The second-order valence-corrected chi connectivity index (χ2v) is 5.46. The summed E-state index contributed by atoms with van der Waals surface area (Å²) in [6.07, 6.45) is 12.5. The normalized spacial score (nSPS) is 41.6. The molecular formula is C13H21N. The average molecular weight is 191 g/mol. The molecule has 0 saturated carbocycles. The molecule has 14 heavy (non-hydrogen) atoms. The van der Waals surface area contributed by atoms with Crippen LogP contribution in [0.15, 0.2) is 11.8 Å². The molecule has 2 saturated heterocycles. The van der Waals surface area contributed by atoms with E-state index in [4.69, 9.17) is 0 Å². The smallest absolute Gasteiger partial charge is 0.0292 e. The molecule has 3 aliphatic heterocycles. The number of nitrogens with zero attached hydrogens (tertiary/aromatic N) is 1. The van der Waals surface area contributed by atoms with Crippen LogP contribution in [0.2, 0.25) is 0 Å². The van der Waals surface area contributed by atoms with Crippen molar-refractivity contribution in [2.24, 2.45) is 5.92 Å². The van der Waals surface area contributed by atoms with Gasteiger partial charge in [-0.05, 0) is 50.9 Å². The second-order valence-electron chi connectivity index (χ2n) is 5.46. The summed E-state index contributed by atoms with van der Waals surface area (Å²) in [6, 6.07) is 1.82. The van der Waals surface area contributed by atoms with E-state index in [9.17, 15) is 0 Å². The highest BCUT2D eigenvalue weighted by molar-refractivity contribution is 5.14. The summed E-state index contributed by atoms with van der Waals surface area (Å²) >= 11 is 0. The van der Waals surface area contributed by atoms with Gasteiger partial charge in [0, 0.05) is 17.8 Å². The van der Waals surface area contributed by atoms with Crippen LogP contribution in [0, 0.1) is 5.92 Å². The van der Waals surface area contributed by atoms with Crippen molar-refractivity contribution in [1.82, 2.24) is 4.90 Å². The fourth-order valence-corrected chi connectivity index (χ4v) is 3.79. The summed E-state index contributed by atoms with van der Waals surface area (Å²) in [4.78, 5) is 2.80. The molecule has 3 aliphatic rings. The quantitative estimate of drug-likeness (QED) is 0.568. The van der Waals surface area contributed by atoms with Crippen molar-refractivity contribution in [3.05, 3.63) is 11.8 Å². The summed E-state index contributed by atoms with van der Waals surface area (Å²) in [5, 5.41) is 0. The molecule has 78 valence electrons. The van der Waals surface area contributed by atoms with E-state index < -0.39 is 0 Å². The van der Waals surface area contributed by atoms with Crippen LogP contribution in [0.4, 0.5) is 0 Å². The predicted octanol–water partition coefficient (Wildman–Crippen LogP) is 3.32. The zero-order chi connectivity index (χ0) is 9.54. The van der Waals surface area contributed by atoms with Crippen molar-refractivity contribution >= 4 is 0 Å². The van der Waals surface area contributed by atoms with E-state index in [1.807, 2.05) is 0 Å². The third kappa shape index (κ3) is 1.29. The molecule has 3 rings (SSSR count). The van der Waals surface area contributed by atoms with Crippen LogP contribution in [0.3, 0.4) is 0 Å². The van der Waals surface area contributed by atoms with Crippen LogP contribution in [0.5, 0.6) is 0 Å². The summed E-state index contributed by atoms with van der Waals surface area (Å²) in [6.45, 7) is 2.43. The molecule has 0 spiro atoms. The van der Waals surface area contributed by atoms with E-state index in [0.717, 1.165) is 18.0 Å². The Balaban J connectivity index is 1.90. The molecule has 0 aliphatic carbocycles. The van der Waals surface area contributed by atoms with Gasteiger partial charge in [-0.25, -0.2) is 0 Å². The minimum Gasteiger partial charge on any atom is -0.369 e. The van der Waals surface area contributed by atoms with Crippen molar-refractivity contribution in [3.63, 3.8) is 0 Å². The second kappa shape index (κ2) is 3.29. The number of allylic oxidation sites excluding steroid dienone is 2. The monoisotopic (exact) mass is 191 g/mol. The van der Waals surface area contributed by atoms with Gasteiger partial charge in [-0.3, -0.25) is 0 Å². The van der Waals surface area contributed by atoms with Crippen LogP contribution in [-0.2, 0) is 0 Å². The molecule has 1 nitrogen and oxygen atoms in total. The first-order valence-electron chi connectivity index (χ1n) is 6.32. The Hall–Kier alpha value is -0.460. The van der Waals surface area contributed by atoms with Crippen LogP contribution in [0.1, 0.15) is 51.9 Å². The van der Waals surface area contributed by atoms with Crippen molar-refractivity contribution in [2.45, 2.75) is 64.0 Å². The Kier molecular flexibility index (Phi) is 2.07. The fraction of sp³-hybridized carbons (Fsp3) is 0.846. The number of rotatable bonds is 0. The van der Waals surface area contributed by atoms with Gasteiger partial charge in [0.1, 0.15) is 0 Å². The Morgan fingerprint density at radius 2 is 2.07 bits per heavy atom. The SMILES string of the molecule is C[C@@H]1CC2=CCC[C@H]3CCC[C@H](C1)N23. The highest BCUT2D eigenvalue weighted by Gasteiger charge is 2.37. The van der Waals surface area contributed by atoms with Crippen LogP contribution < -0.4 is 0 Å². The molecule has 0 aromatic rings. The first-order valence-corrected chi connectivity index (χ1v) is 6.32. The zero-order valence-corrected chi connectivity index (χ0v) is 9.21. The first-order chi connectivity index (χ1) is 6.84. The van der Waals surface area contributed by atoms with Crippen LogP contribution in [0.25, 0.3) is 0 Å². The maximum atomic E-state index is 2.80. The van der Waals surface area contributed by atoms with E-state index in [1.165, 1.54) is 44.9 Å². The van der Waals surface area contributed by atoms with E-state index in [2.05, 4.69) is 17.9 Å². The van der Waals surface area contributed by atoms with Crippen LogP contribution >= 0.6 is 0 Å². The molecular weight excluding hydrogens is 170 g/mol. The molecule has 0 bridgehead atoms. The standard InChI is InChI=1S/C13H21N/c1-10-8-12-6-2-4-11-5-3-7-13(9-10)14(11)12/h6,10-11,13H,2-5,7-9H2,1H3/t10-,11+,13-/m1/s1. The fourth-order valence-electron chi connectivity index (χ4n) is 3.79. The topological polar surface area (TPSA) is 3.24 Å².